The van der Waals surface area contributed by atoms with Gasteiger partial charge in [0.15, 0.2) is 0 Å². The second-order valence-corrected chi connectivity index (χ2v) is 4.78. The van der Waals surface area contributed by atoms with Crippen LogP contribution in [0, 0.1) is 6.92 Å². The van der Waals surface area contributed by atoms with Gasteiger partial charge in [-0.1, -0.05) is 18.2 Å². The highest BCUT2D eigenvalue weighted by atomic mass is 79.9. The molecule has 2 aromatic rings. The van der Waals surface area contributed by atoms with Crippen molar-refractivity contribution >= 4 is 15.9 Å². The third kappa shape index (κ3) is 2.77. The molecule has 3 nitrogen and oxygen atoms in total. The molecule has 0 radical (unpaired) electrons. The lowest BCUT2D eigenvalue weighted by Crippen LogP contribution is -2.08. The number of rotatable bonds is 2. The molecule has 1 aromatic heterocycles. The van der Waals surface area contributed by atoms with E-state index in [2.05, 4.69) is 25.9 Å². The highest BCUT2D eigenvalue weighted by Gasteiger charge is 2.34. The molecular weight excluding hydrogens is 337 g/mol. The van der Waals surface area contributed by atoms with Crippen molar-refractivity contribution < 1.29 is 17.9 Å². The van der Waals surface area contributed by atoms with Crippen molar-refractivity contribution in [3.05, 3.63) is 40.1 Å². The normalized spacial score (nSPS) is 11.5. The molecule has 0 aliphatic heterocycles. The van der Waals surface area contributed by atoms with Crippen LogP contribution in [0.1, 0.15) is 11.4 Å². The average Bonchev–Trinajstić information content (AvgIpc) is 2.40. The molecule has 20 heavy (non-hydrogen) atoms. The lowest BCUT2D eigenvalue weighted by molar-refractivity contribution is -0.137. The summed E-state index contributed by atoms with van der Waals surface area (Å²) in [6, 6.07) is 5.26. The summed E-state index contributed by atoms with van der Waals surface area (Å²) in [5.74, 6) is 0.529. The molecule has 7 heteroatoms. The zero-order chi connectivity index (χ0) is 14.9. The van der Waals surface area contributed by atoms with E-state index in [1.165, 1.54) is 25.3 Å². The minimum absolute atomic E-state index is 0.0179. The van der Waals surface area contributed by atoms with Crippen molar-refractivity contribution in [2.45, 2.75) is 13.1 Å². The number of halogens is 4. The van der Waals surface area contributed by atoms with E-state index in [1.807, 2.05) is 0 Å². The third-order valence-corrected chi connectivity index (χ3v) is 3.33. The van der Waals surface area contributed by atoms with Crippen LogP contribution in [-0.4, -0.2) is 17.1 Å². The summed E-state index contributed by atoms with van der Waals surface area (Å²) in [6.07, 6.45) is -4.46. The zero-order valence-corrected chi connectivity index (χ0v) is 12.2. The smallest absolute Gasteiger partial charge is 0.417 e. The molecule has 1 aromatic carbocycles. The van der Waals surface area contributed by atoms with Crippen molar-refractivity contribution in [2.75, 3.05) is 7.11 Å². The number of nitrogens with zero attached hydrogens (tertiary/aromatic N) is 2. The van der Waals surface area contributed by atoms with Crippen molar-refractivity contribution in [2.24, 2.45) is 0 Å². The number of aromatic nitrogens is 2. The van der Waals surface area contributed by atoms with E-state index in [0.29, 0.717) is 10.3 Å². The summed E-state index contributed by atoms with van der Waals surface area (Å²) in [5.41, 5.74) is -0.612. The van der Waals surface area contributed by atoms with E-state index in [1.54, 1.807) is 6.92 Å². The maximum atomic E-state index is 13.1. The first-order valence-electron chi connectivity index (χ1n) is 5.59. The number of aryl methyl sites for hydroxylation is 1. The monoisotopic (exact) mass is 346 g/mol. The van der Waals surface area contributed by atoms with Crippen LogP contribution in [-0.2, 0) is 6.18 Å². The lowest BCUT2D eigenvalue weighted by Gasteiger charge is -2.14. The number of benzene rings is 1. The van der Waals surface area contributed by atoms with E-state index in [4.69, 9.17) is 4.74 Å². The van der Waals surface area contributed by atoms with E-state index < -0.39 is 11.7 Å². The van der Waals surface area contributed by atoms with Gasteiger partial charge in [-0.05, 0) is 28.9 Å². The van der Waals surface area contributed by atoms with Crippen molar-refractivity contribution in [1.29, 1.82) is 0 Å². The van der Waals surface area contributed by atoms with Gasteiger partial charge in [0.2, 0.25) is 5.88 Å². The fraction of sp³-hybridized carbons (Fsp3) is 0.231. The zero-order valence-electron chi connectivity index (χ0n) is 10.6. The first kappa shape index (κ1) is 14.8. The topological polar surface area (TPSA) is 35.0 Å². The van der Waals surface area contributed by atoms with Crippen molar-refractivity contribution in [3.63, 3.8) is 0 Å². The number of methoxy groups -OCH3 is 1. The minimum Gasteiger partial charge on any atom is -0.480 e. The molecule has 106 valence electrons. The Kier molecular flexibility index (Phi) is 3.99. The highest BCUT2D eigenvalue weighted by Crippen LogP contribution is 2.40. The lowest BCUT2D eigenvalue weighted by atomic mass is 10.0. The second-order valence-electron chi connectivity index (χ2n) is 3.99. The van der Waals surface area contributed by atoms with Gasteiger partial charge in [-0.15, -0.1) is 0 Å². The van der Waals surface area contributed by atoms with Crippen LogP contribution in [0.25, 0.3) is 11.3 Å². The van der Waals surface area contributed by atoms with Gasteiger partial charge in [-0.25, -0.2) is 4.98 Å². The average molecular weight is 347 g/mol. The maximum Gasteiger partial charge on any atom is 0.417 e. The summed E-state index contributed by atoms with van der Waals surface area (Å²) in [4.78, 5) is 8.10. The summed E-state index contributed by atoms with van der Waals surface area (Å²) < 4.78 is 44.5. The van der Waals surface area contributed by atoms with E-state index in [9.17, 15) is 13.2 Å². The molecule has 0 N–H and O–H groups in total. The molecule has 0 amide bonds. The summed E-state index contributed by atoms with van der Waals surface area (Å²) in [6.45, 7) is 1.59. The maximum absolute atomic E-state index is 13.1. The van der Waals surface area contributed by atoms with Gasteiger partial charge < -0.3 is 4.74 Å². The van der Waals surface area contributed by atoms with Crippen LogP contribution in [0.5, 0.6) is 5.88 Å². The van der Waals surface area contributed by atoms with Gasteiger partial charge in [0, 0.05) is 5.56 Å². The highest BCUT2D eigenvalue weighted by molar-refractivity contribution is 9.10. The third-order valence-electron chi connectivity index (χ3n) is 2.61. The molecule has 0 saturated heterocycles. The first-order chi connectivity index (χ1) is 9.34. The quantitative estimate of drug-likeness (QED) is 0.815. The Labute approximate surface area is 122 Å². The Balaban J connectivity index is 2.73. The molecule has 1 heterocycles. The van der Waals surface area contributed by atoms with Gasteiger partial charge in [-0.3, -0.25) is 0 Å². The van der Waals surface area contributed by atoms with Crippen molar-refractivity contribution in [1.82, 2.24) is 9.97 Å². The molecule has 0 unspecified atom stereocenters. The predicted molar refractivity (Wildman–Crippen MR) is 71.5 cm³/mol. The number of ether oxygens (including phenoxy) is 1. The van der Waals surface area contributed by atoms with Crippen LogP contribution in [0.4, 0.5) is 13.2 Å². The van der Waals surface area contributed by atoms with E-state index in [-0.39, 0.29) is 17.1 Å². The van der Waals surface area contributed by atoms with E-state index >= 15 is 0 Å². The number of alkyl halides is 3. The summed E-state index contributed by atoms with van der Waals surface area (Å²) in [7, 11) is 1.39. The molecule has 0 aliphatic rings. The molecular formula is C13H10BrF3N2O. The molecule has 0 saturated carbocycles. The molecule has 0 spiro atoms. The van der Waals surface area contributed by atoms with Crippen molar-refractivity contribution in [3.8, 4) is 17.1 Å². The fourth-order valence-electron chi connectivity index (χ4n) is 1.78. The Morgan fingerprint density at radius 3 is 2.40 bits per heavy atom. The van der Waals surface area contributed by atoms with Crippen LogP contribution < -0.4 is 4.74 Å². The van der Waals surface area contributed by atoms with Gasteiger partial charge in [0.1, 0.15) is 10.3 Å². The van der Waals surface area contributed by atoms with Crippen LogP contribution in [0.2, 0.25) is 0 Å². The molecule has 0 bridgehead atoms. The Bertz CT molecular complexity index is 644. The van der Waals surface area contributed by atoms with E-state index in [0.717, 1.165) is 6.07 Å². The van der Waals surface area contributed by atoms with Gasteiger partial charge in [0.05, 0.1) is 18.4 Å². The standard InChI is InChI=1S/C13H10BrF3N2O/c1-7-18-11(10(14)12(19-7)20-2)8-5-3-4-6-9(8)13(15,16)17/h3-6H,1-2H3. The Morgan fingerprint density at radius 1 is 1.15 bits per heavy atom. The van der Waals surface area contributed by atoms with Crippen LogP contribution in [0.15, 0.2) is 28.7 Å². The molecule has 0 fully saturated rings. The van der Waals surface area contributed by atoms with Gasteiger partial charge in [-0.2, -0.15) is 18.2 Å². The molecule has 0 atom stereocenters. The largest absolute Gasteiger partial charge is 0.480 e. The first-order valence-corrected chi connectivity index (χ1v) is 6.38. The molecule has 2 rings (SSSR count). The second kappa shape index (κ2) is 5.40. The minimum atomic E-state index is -4.46. The fourth-order valence-corrected chi connectivity index (χ4v) is 2.34. The predicted octanol–water partition coefficient (Wildman–Crippen LogP) is 4.24. The summed E-state index contributed by atoms with van der Waals surface area (Å²) >= 11 is 3.20. The molecule has 0 aliphatic carbocycles. The summed E-state index contributed by atoms with van der Waals surface area (Å²) in [5, 5.41) is 0. The van der Waals surface area contributed by atoms with Gasteiger partial charge in [0.25, 0.3) is 0 Å². The van der Waals surface area contributed by atoms with Gasteiger partial charge >= 0.3 is 6.18 Å². The number of hydrogen-bond donors (Lipinski definition) is 0. The van der Waals surface area contributed by atoms with Crippen LogP contribution in [0.3, 0.4) is 0 Å². The number of hydrogen-bond acceptors (Lipinski definition) is 3. The van der Waals surface area contributed by atoms with Crippen LogP contribution >= 0.6 is 15.9 Å². The SMILES string of the molecule is COc1nc(C)nc(-c2ccccc2C(F)(F)F)c1Br. The Morgan fingerprint density at radius 2 is 1.80 bits per heavy atom. The Hall–Kier alpha value is -1.63.